The monoisotopic (exact) mass is 361 g/mol. The lowest BCUT2D eigenvalue weighted by Crippen LogP contribution is -2.45. The summed E-state index contributed by atoms with van der Waals surface area (Å²) in [7, 11) is 1.31. The summed E-state index contributed by atoms with van der Waals surface area (Å²) >= 11 is 2.13. The molecule has 0 spiro atoms. The van der Waals surface area contributed by atoms with Crippen LogP contribution in [0.15, 0.2) is 24.3 Å². The number of nitrogens with one attached hydrogen (secondary N) is 1. The zero-order chi connectivity index (χ0) is 13.7. The number of hydrogen-bond acceptors (Lipinski definition) is 3. The first-order chi connectivity index (χ1) is 8.45. The molecule has 0 aliphatic rings. The highest BCUT2D eigenvalue weighted by Gasteiger charge is 2.25. The molecule has 1 amide bonds. The Hall–Kier alpha value is -1.11. The average molecular weight is 361 g/mol. The van der Waals surface area contributed by atoms with Crippen molar-refractivity contribution >= 4 is 34.5 Å². The number of carbonyl (C=O) groups is 2. The maximum Gasteiger partial charge on any atom is 0.328 e. The molecular weight excluding hydrogens is 345 g/mol. The first-order valence-electron chi connectivity index (χ1n) is 5.60. The molecule has 5 heteroatoms. The fourth-order valence-corrected chi connectivity index (χ4v) is 2.02. The van der Waals surface area contributed by atoms with E-state index in [-0.39, 0.29) is 11.8 Å². The molecule has 4 nitrogen and oxygen atoms in total. The van der Waals surface area contributed by atoms with Gasteiger partial charge in [0.1, 0.15) is 6.04 Å². The molecule has 0 heterocycles. The summed E-state index contributed by atoms with van der Waals surface area (Å²) in [5.74, 6) is -0.717. The first kappa shape index (κ1) is 14.9. The summed E-state index contributed by atoms with van der Waals surface area (Å²) in [6, 6.07) is 6.56. The van der Waals surface area contributed by atoms with Gasteiger partial charge in [0.25, 0.3) is 5.91 Å². The van der Waals surface area contributed by atoms with Gasteiger partial charge in [-0.05, 0) is 46.7 Å². The van der Waals surface area contributed by atoms with Crippen molar-refractivity contribution in [1.82, 2.24) is 5.32 Å². The van der Waals surface area contributed by atoms with Crippen LogP contribution in [0.1, 0.15) is 24.2 Å². The Balaban J connectivity index is 2.82. The van der Waals surface area contributed by atoms with Crippen LogP contribution < -0.4 is 5.32 Å². The van der Waals surface area contributed by atoms with Crippen LogP contribution in [-0.2, 0) is 9.53 Å². The molecular formula is C13H16INO3. The van der Waals surface area contributed by atoms with Gasteiger partial charge in [-0.1, -0.05) is 19.9 Å². The van der Waals surface area contributed by atoms with Gasteiger partial charge in [0.05, 0.1) is 7.11 Å². The number of ether oxygens (including phenoxy) is 1. The fourth-order valence-electron chi connectivity index (χ4n) is 1.48. The Labute approximate surface area is 120 Å². The van der Waals surface area contributed by atoms with Gasteiger partial charge >= 0.3 is 5.97 Å². The quantitative estimate of drug-likeness (QED) is 0.661. The van der Waals surface area contributed by atoms with E-state index in [1.807, 2.05) is 19.9 Å². The van der Waals surface area contributed by atoms with Crippen molar-refractivity contribution in [1.29, 1.82) is 0 Å². The molecule has 0 aromatic heterocycles. The standard InChI is InChI=1S/C13H16INO3/c1-8(2)11(13(17)18-3)15-12(16)9-5-4-6-10(14)7-9/h4-8,11H,1-3H3,(H,15,16)/t11-/m0/s1. The van der Waals surface area contributed by atoms with Crippen LogP contribution >= 0.6 is 22.6 Å². The molecule has 0 aliphatic heterocycles. The summed E-state index contributed by atoms with van der Waals surface area (Å²) in [6.45, 7) is 3.72. The van der Waals surface area contributed by atoms with Gasteiger partial charge in [-0.2, -0.15) is 0 Å². The highest BCUT2D eigenvalue weighted by molar-refractivity contribution is 14.1. The predicted octanol–water partition coefficient (Wildman–Crippen LogP) is 2.22. The minimum Gasteiger partial charge on any atom is -0.467 e. The van der Waals surface area contributed by atoms with Crippen LogP contribution in [0.25, 0.3) is 0 Å². The van der Waals surface area contributed by atoms with E-state index in [4.69, 9.17) is 0 Å². The summed E-state index contributed by atoms with van der Waals surface area (Å²) in [6.07, 6.45) is 0. The van der Waals surface area contributed by atoms with E-state index in [0.717, 1.165) is 3.57 Å². The Kier molecular flexibility index (Phi) is 5.58. The summed E-state index contributed by atoms with van der Waals surface area (Å²) in [4.78, 5) is 23.6. The van der Waals surface area contributed by atoms with Gasteiger partial charge in [0.2, 0.25) is 0 Å². The molecule has 1 rings (SSSR count). The summed E-state index contributed by atoms with van der Waals surface area (Å²) in [5.41, 5.74) is 0.538. The van der Waals surface area contributed by atoms with Crippen LogP contribution in [0.2, 0.25) is 0 Å². The lowest BCUT2D eigenvalue weighted by molar-refractivity contribution is -0.144. The smallest absolute Gasteiger partial charge is 0.328 e. The number of hydrogen-bond donors (Lipinski definition) is 1. The summed E-state index contributed by atoms with van der Waals surface area (Å²) < 4.78 is 5.65. The van der Waals surface area contributed by atoms with E-state index in [9.17, 15) is 9.59 Å². The maximum absolute atomic E-state index is 12.0. The third-order valence-corrected chi connectivity index (χ3v) is 3.17. The van der Waals surface area contributed by atoms with E-state index in [2.05, 4.69) is 32.6 Å². The Morgan fingerprint density at radius 2 is 2.00 bits per heavy atom. The zero-order valence-electron chi connectivity index (χ0n) is 10.6. The van der Waals surface area contributed by atoms with Crippen molar-refractivity contribution in [3.8, 4) is 0 Å². The second kappa shape index (κ2) is 6.72. The first-order valence-corrected chi connectivity index (χ1v) is 6.68. The normalized spacial score (nSPS) is 12.1. The maximum atomic E-state index is 12.0. The predicted molar refractivity (Wildman–Crippen MR) is 77.3 cm³/mol. The van der Waals surface area contributed by atoms with Gasteiger partial charge in [0.15, 0.2) is 0 Å². The summed E-state index contributed by atoms with van der Waals surface area (Å²) in [5, 5.41) is 2.69. The Morgan fingerprint density at radius 1 is 1.33 bits per heavy atom. The van der Waals surface area contributed by atoms with Crippen molar-refractivity contribution in [2.24, 2.45) is 5.92 Å². The van der Waals surface area contributed by atoms with Crippen molar-refractivity contribution in [3.05, 3.63) is 33.4 Å². The second-order valence-corrected chi connectivity index (χ2v) is 5.47. The number of carbonyl (C=O) groups excluding carboxylic acids is 2. The number of rotatable bonds is 4. The van der Waals surface area contributed by atoms with E-state index in [1.165, 1.54) is 7.11 Å². The molecule has 0 saturated heterocycles. The fraction of sp³-hybridized carbons (Fsp3) is 0.385. The van der Waals surface area contributed by atoms with Crippen molar-refractivity contribution in [2.75, 3.05) is 7.11 Å². The van der Waals surface area contributed by atoms with E-state index in [1.54, 1.807) is 18.2 Å². The van der Waals surface area contributed by atoms with Crippen LogP contribution in [0, 0.1) is 9.49 Å². The zero-order valence-corrected chi connectivity index (χ0v) is 12.7. The molecule has 1 N–H and O–H groups in total. The molecule has 0 bridgehead atoms. The topological polar surface area (TPSA) is 55.4 Å². The van der Waals surface area contributed by atoms with Gasteiger partial charge in [-0.3, -0.25) is 4.79 Å². The van der Waals surface area contributed by atoms with Gasteiger partial charge in [0, 0.05) is 9.13 Å². The molecule has 1 atom stereocenters. The SMILES string of the molecule is COC(=O)[C@@H](NC(=O)c1cccc(I)c1)C(C)C. The van der Waals surface area contributed by atoms with Gasteiger partial charge in [-0.15, -0.1) is 0 Å². The third-order valence-electron chi connectivity index (χ3n) is 2.50. The molecule has 0 radical (unpaired) electrons. The highest BCUT2D eigenvalue weighted by Crippen LogP contribution is 2.10. The molecule has 98 valence electrons. The molecule has 1 aromatic rings. The lowest BCUT2D eigenvalue weighted by atomic mass is 10.0. The van der Waals surface area contributed by atoms with E-state index in [0.29, 0.717) is 5.56 Å². The number of esters is 1. The van der Waals surface area contributed by atoms with E-state index < -0.39 is 12.0 Å². The van der Waals surface area contributed by atoms with Crippen molar-refractivity contribution < 1.29 is 14.3 Å². The second-order valence-electron chi connectivity index (χ2n) is 4.23. The molecule has 18 heavy (non-hydrogen) atoms. The minimum atomic E-state index is -0.625. The van der Waals surface area contributed by atoms with Crippen LogP contribution in [0.3, 0.4) is 0 Å². The largest absolute Gasteiger partial charge is 0.467 e. The number of amides is 1. The van der Waals surface area contributed by atoms with E-state index >= 15 is 0 Å². The van der Waals surface area contributed by atoms with Crippen LogP contribution in [-0.4, -0.2) is 25.0 Å². The van der Waals surface area contributed by atoms with Gasteiger partial charge < -0.3 is 10.1 Å². The highest BCUT2D eigenvalue weighted by atomic mass is 127. The van der Waals surface area contributed by atoms with Crippen molar-refractivity contribution in [3.63, 3.8) is 0 Å². The lowest BCUT2D eigenvalue weighted by Gasteiger charge is -2.19. The van der Waals surface area contributed by atoms with Crippen LogP contribution in [0.4, 0.5) is 0 Å². The van der Waals surface area contributed by atoms with Gasteiger partial charge in [-0.25, -0.2) is 4.79 Å². The minimum absolute atomic E-state index is 0.0239. The molecule has 0 aliphatic carbocycles. The van der Waals surface area contributed by atoms with Crippen molar-refractivity contribution in [2.45, 2.75) is 19.9 Å². The number of benzene rings is 1. The average Bonchev–Trinajstić information content (AvgIpc) is 2.34. The molecule has 0 unspecified atom stereocenters. The molecule has 1 aromatic carbocycles. The number of halogens is 1. The Morgan fingerprint density at radius 3 is 2.50 bits per heavy atom. The molecule has 0 fully saturated rings. The third kappa shape index (κ3) is 3.97. The van der Waals surface area contributed by atoms with Crippen LogP contribution in [0.5, 0.6) is 0 Å². The Bertz CT molecular complexity index is 446. The molecule has 0 saturated carbocycles. The number of methoxy groups -OCH3 is 1.